The van der Waals surface area contributed by atoms with Crippen molar-refractivity contribution in [1.29, 1.82) is 0 Å². The van der Waals surface area contributed by atoms with Crippen LogP contribution in [0, 0.1) is 5.92 Å². The Kier molecular flexibility index (Phi) is 4.30. The quantitative estimate of drug-likeness (QED) is 0.793. The standard InChI is InChI=1S/C14H19N3O4/c1-8(2)12-13(19)17(14(20)16-12)7-11(18)15-9(3)10-5-4-6-21-10/h4-6,8-9,12H,7H2,1-3H3,(H,15,18)(H,16,20). The molecule has 1 aromatic rings. The number of carbonyl (C=O) groups excluding carboxylic acids is 3. The predicted octanol–water partition coefficient (Wildman–Crippen LogP) is 1.03. The average Bonchev–Trinajstić information content (AvgIpc) is 3.02. The number of urea groups is 1. The Hall–Kier alpha value is -2.31. The molecule has 2 heterocycles. The predicted molar refractivity (Wildman–Crippen MR) is 74.1 cm³/mol. The summed E-state index contributed by atoms with van der Waals surface area (Å²) in [5.74, 6) is -0.181. The summed E-state index contributed by atoms with van der Waals surface area (Å²) < 4.78 is 5.18. The van der Waals surface area contributed by atoms with Gasteiger partial charge in [0.25, 0.3) is 5.91 Å². The van der Waals surface area contributed by atoms with E-state index < -0.39 is 18.0 Å². The summed E-state index contributed by atoms with van der Waals surface area (Å²) in [6.45, 7) is 5.15. The van der Waals surface area contributed by atoms with Gasteiger partial charge >= 0.3 is 6.03 Å². The Morgan fingerprint density at radius 3 is 2.67 bits per heavy atom. The third kappa shape index (κ3) is 3.24. The van der Waals surface area contributed by atoms with Gasteiger partial charge in [0.1, 0.15) is 18.3 Å². The molecule has 0 aliphatic carbocycles. The van der Waals surface area contributed by atoms with Crippen LogP contribution in [-0.4, -0.2) is 35.3 Å². The molecule has 0 bridgehead atoms. The van der Waals surface area contributed by atoms with E-state index in [1.54, 1.807) is 19.1 Å². The second-order valence-electron chi connectivity index (χ2n) is 5.40. The van der Waals surface area contributed by atoms with Crippen molar-refractivity contribution in [2.24, 2.45) is 5.92 Å². The number of carbonyl (C=O) groups is 3. The number of amides is 4. The highest BCUT2D eigenvalue weighted by Gasteiger charge is 2.40. The smallest absolute Gasteiger partial charge is 0.325 e. The number of nitrogens with one attached hydrogen (secondary N) is 2. The molecule has 2 atom stereocenters. The molecular weight excluding hydrogens is 274 g/mol. The number of imide groups is 1. The van der Waals surface area contributed by atoms with Crippen molar-refractivity contribution in [3.63, 3.8) is 0 Å². The fourth-order valence-electron chi connectivity index (χ4n) is 2.18. The average molecular weight is 293 g/mol. The molecule has 4 amide bonds. The fourth-order valence-corrected chi connectivity index (χ4v) is 2.18. The first-order valence-corrected chi connectivity index (χ1v) is 6.84. The maximum Gasteiger partial charge on any atom is 0.325 e. The summed E-state index contributed by atoms with van der Waals surface area (Å²) in [5, 5.41) is 5.27. The van der Waals surface area contributed by atoms with Crippen LogP contribution in [0.15, 0.2) is 22.8 Å². The molecule has 7 nitrogen and oxygen atoms in total. The van der Waals surface area contributed by atoms with E-state index in [1.165, 1.54) is 6.26 Å². The van der Waals surface area contributed by atoms with Crippen molar-refractivity contribution < 1.29 is 18.8 Å². The minimum atomic E-state index is -0.562. The Labute approximate surface area is 122 Å². The van der Waals surface area contributed by atoms with E-state index >= 15 is 0 Å². The van der Waals surface area contributed by atoms with Gasteiger partial charge in [0, 0.05) is 0 Å². The number of furan rings is 1. The third-order valence-corrected chi connectivity index (χ3v) is 3.37. The minimum absolute atomic E-state index is 0.0171. The van der Waals surface area contributed by atoms with Gasteiger partial charge in [0.2, 0.25) is 5.91 Å². The van der Waals surface area contributed by atoms with Gasteiger partial charge in [-0.15, -0.1) is 0 Å². The maximum atomic E-state index is 12.1. The van der Waals surface area contributed by atoms with Gasteiger partial charge in [-0.3, -0.25) is 14.5 Å². The molecule has 2 unspecified atom stereocenters. The Bertz CT molecular complexity index is 538. The summed E-state index contributed by atoms with van der Waals surface area (Å²) in [7, 11) is 0. The van der Waals surface area contributed by atoms with E-state index in [0.717, 1.165) is 4.90 Å². The molecule has 1 aliphatic heterocycles. The first-order chi connectivity index (χ1) is 9.90. The molecule has 1 aromatic heterocycles. The molecule has 21 heavy (non-hydrogen) atoms. The normalized spacial score (nSPS) is 19.8. The molecule has 0 radical (unpaired) electrons. The Morgan fingerprint density at radius 2 is 2.14 bits per heavy atom. The van der Waals surface area contributed by atoms with Crippen LogP contribution in [0.2, 0.25) is 0 Å². The number of hydrogen-bond donors (Lipinski definition) is 2. The van der Waals surface area contributed by atoms with Crippen LogP contribution >= 0.6 is 0 Å². The number of rotatable bonds is 5. The molecular formula is C14H19N3O4. The van der Waals surface area contributed by atoms with Crippen LogP contribution in [-0.2, 0) is 9.59 Å². The fraction of sp³-hybridized carbons (Fsp3) is 0.500. The molecule has 0 aromatic carbocycles. The molecule has 1 aliphatic rings. The highest BCUT2D eigenvalue weighted by atomic mass is 16.3. The molecule has 1 fully saturated rings. The molecule has 1 saturated heterocycles. The SMILES string of the molecule is CC(NC(=O)CN1C(=O)NC(C(C)C)C1=O)c1ccco1. The largest absolute Gasteiger partial charge is 0.467 e. The Morgan fingerprint density at radius 1 is 1.43 bits per heavy atom. The number of nitrogens with zero attached hydrogens (tertiary/aromatic N) is 1. The zero-order valence-electron chi connectivity index (χ0n) is 12.3. The minimum Gasteiger partial charge on any atom is -0.467 e. The maximum absolute atomic E-state index is 12.1. The van der Waals surface area contributed by atoms with Gasteiger partial charge in [-0.05, 0) is 25.0 Å². The molecule has 0 saturated carbocycles. The first-order valence-electron chi connectivity index (χ1n) is 6.84. The van der Waals surface area contributed by atoms with E-state index in [0.29, 0.717) is 5.76 Å². The highest BCUT2D eigenvalue weighted by Crippen LogP contribution is 2.15. The molecule has 2 rings (SSSR count). The van der Waals surface area contributed by atoms with Crippen LogP contribution in [0.5, 0.6) is 0 Å². The van der Waals surface area contributed by atoms with E-state index in [4.69, 9.17) is 4.42 Å². The second-order valence-corrected chi connectivity index (χ2v) is 5.40. The zero-order valence-corrected chi connectivity index (χ0v) is 12.3. The van der Waals surface area contributed by atoms with Gasteiger partial charge in [-0.1, -0.05) is 13.8 Å². The summed E-state index contributed by atoms with van der Waals surface area (Å²) in [5.41, 5.74) is 0. The first kappa shape index (κ1) is 15.1. The number of hydrogen-bond acceptors (Lipinski definition) is 4. The van der Waals surface area contributed by atoms with Gasteiger partial charge in [0.15, 0.2) is 0 Å². The van der Waals surface area contributed by atoms with E-state index in [9.17, 15) is 14.4 Å². The molecule has 0 spiro atoms. The van der Waals surface area contributed by atoms with Crippen molar-refractivity contribution >= 4 is 17.8 Å². The van der Waals surface area contributed by atoms with E-state index in [1.807, 2.05) is 13.8 Å². The summed E-state index contributed by atoms with van der Waals surface area (Å²) in [6, 6.07) is 2.05. The topological polar surface area (TPSA) is 91.7 Å². The van der Waals surface area contributed by atoms with Gasteiger partial charge < -0.3 is 15.1 Å². The lowest BCUT2D eigenvalue weighted by Gasteiger charge is -2.16. The monoisotopic (exact) mass is 293 g/mol. The lowest BCUT2D eigenvalue weighted by atomic mass is 10.1. The van der Waals surface area contributed by atoms with Crippen molar-refractivity contribution in [1.82, 2.24) is 15.5 Å². The van der Waals surface area contributed by atoms with Crippen molar-refractivity contribution in [3.05, 3.63) is 24.2 Å². The summed E-state index contributed by atoms with van der Waals surface area (Å²) >= 11 is 0. The molecule has 2 N–H and O–H groups in total. The van der Waals surface area contributed by atoms with Crippen LogP contribution in [0.25, 0.3) is 0 Å². The molecule has 114 valence electrons. The summed E-state index contributed by atoms with van der Waals surface area (Å²) in [6.07, 6.45) is 1.52. The van der Waals surface area contributed by atoms with Gasteiger partial charge in [-0.25, -0.2) is 4.79 Å². The van der Waals surface area contributed by atoms with Crippen molar-refractivity contribution in [3.8, 4) is 0 Å². The second kappa shape index (κ2) is 5.99. The highest BCUT2D eigenvalue weighted by molar-refractivity contribution is 6.06. The molecule has 7 heteroatoms. The zero-order chi connectivity index (χ0) is 15.6. The van der Waals surface area contributed by atoms with Crippen LogP contribution in [0.1, 0.15) is 32.6 Å². The van der Waals surface area contributed by atoms with Gasteiger partial charge in [-0.2, -0.15) is 0 Å². The summed E-state index contributed by atoms with van der Waals surface area (Å²) in [4.78, 5) is 36.7. The van der Waals surface area contributed by atoms with E-state index in [-0.39, 0.29) is 24.4 Å². The van der Waals surface area contributed by atoms with Crippen LogP contribution < -0.4 is 10.6 Å². The lowest BCUT2D eigenvalue weighted by Crippen LogP contribution is -2.42. The van der Waals surface area contributed by atoms with Crippen molar-refractivity contribution in [2.45, 2.75) is 32.9 Å². The Balaban J connectivity index is 1.94. The van der Waals surface area contributed by atoms with Crippen LogP contribution in [0.3, 0.4) is 0 Å². The van der Waals surface area contributed by atoms with E-state index in [2.05, 4.69) is 10.6 Å². The van der Waals surface area contributed by atoms with Crippen LogP contribution in [0.4, 0.5) is 4.79 Å². The lowest BCUT2D eigenvalue weighted by molar-refractivity contribution is -0.133. The van der Waals surface area contributed by atoms with Crippen molar-refractivity contribution in [2.75, 3.05) is 6.54 Å². The van der Waals surface area contributed by atoms with Gasteiger partial charge in [0.05, 0.1) is 12.3 Å². The third-order valence-electron chi connectivity index (χ3n) is 3.37.